The van der Waals surface area contributed by atoms with Crippen LogP contribution in [-0.2, 0) is 0 Å². The summed E-state index contributed by atoms with van der Waals surface area (Å²) in [5.41, 5.74) is 1.07. The number of piperidine rings is 1. The number of ether oxygens (including phenoxy) is 2. The van der Waals surface area contributed by atoms with E-state index in [9.17, 15) is 8.78 Å². The second-order valence-electron chi connectivity index (χ2n) is 7.52. The largest absolute Gasteiger partial charge is 0.490 e. The third-order valence-corrected chi connectivity index (χ3v) is 5.66. The monoisotopic (exact) mass is 415 g/mol. The van der Waals surface area contributed by atoms with Crippen LogP contribution in [0.3, 0.4) is 0 Å². The van der Waals surface area contributed by atoms with Crippen LogP contribution in [0.5, 0.6) is 11.5 Å². The van der Waals surface area contributed by atoms with Crippen molar-refractivity contribution in [2.75, 3.05) is 19.7 Å². The average molecular weight is 415 g/mol. The van der Waals surface area contributed by atoms with Crippen molar-refractivity contribution in [2.24, 2.45) is 0 Å². The van der Waals surface area contributed by atoms with Gasteiger partial charge in [-0.3, -0.25) is 9.47 Å². The van der Waals surface area contributed by atoms with Gasteiger partial charge in [0.2, 0.25) is 0 Å². The molecule has 0 saturated carbocycles. The molecule has 7 heteroatoms. The Labute approximate surface area is 175 Å². The number of nitrogens with zero attached hydrogens (tertiary/aromatic N) is 3. The molecule has 1 unspecified atom stereocenters. The lowest BCUT2D eigenvalue weighted by atomic mass is 10.1. The van der Waals surface area contributed by atoms with E-state index in [4.69, 9.17) is 9.47 Å². The normalized spacial score (nSPS) is 16.8. The molecule has 1 atom stereocenters. The molecule has 0 bridgehead atoms. The van der Waals surface area contributed by atoms with Gasteiger partial charge >= 0.3 is 6.55 Å². The minimum absolute atomic E-state index is 0.0731. The number of fused-ring (bicyclic) bond motifs is 1. The molecule has 3 aromatic rings. The van der Waals surface area contributed by atoms with Crippen molar-refractivity contribution in [1.29, 1.82) is 0 Å². The van der Waals surface area contributed by atoms with Gasteiger partial charge in [-0.2, -0.15) is 8.78 Å². The highest BCUT2D eigenvalue weighted by Gasteiger charge is 2.29. The van der Waals surface area contributed by atoms with E-state index in [-0.39, 0.29) is 12.1 Å². The number of halogens is 2. The molecule has 0 amide bonds. The number of benzene rings is 2. The molecule has 1 saturated heterocycles. The van der Waals surface area contributed by atoms with Gasteiger partial charge in [0.1, 0.15) is 11.9 Å². The lowest BCUT2D eigenvalue weighted by molar-refractivity contribution is 0.0515. The van der Waals surface area contributed by atoms with E-state index in [0.717, 1.165) is 42.0 Å². The maximum Gasteiger partial charge on any atom is 0.320 e. The van der Waals surface area contributed by atoms with Crippen LogP contribution in [0.25, 0.3) is 11.0 Å². The van der Waals surface area contributed by atoms with Crippen LogP contribution in [0.1, 0.15) is 45.1 Å². The van der Waals surface area contributed by atoms with E-state index in [0.29, 0.717) is 23.5 Å². The first-order valence-corrected chi connectivity index (χ1v) is 10.5. The van der Waals surface area contributed by atoms with Crippen molar-refractivity contribution in [3.63, 3.8) is 0 Å². The highest BCUT2D eigenvalue weighted by Crippen LogP contribution is 2.33. The summed E-state index contributed by atoms with van der Waals surface area (Å²) in [6.45, 7) is 3.38. The number of hydrogen-bond donors (Lipinski definition) is 0. The minimum atomic E-state index is -2.62. The summed E-state index contributed by atoms with van der Waals surface area (Å²) in [5, 5.41) is 0. The maximum absolute atomic E-state index is 13.8. The number of aromatic nitrogens is 2. The third-order valence-electron chi connectivity index (χ3n) is 5.66. The Hall–Kier alpha value is -2.67. The fourth-order valence-corrected chi connectivity index (χ4v) is 4.11. The average Bonchev–Trinajstić information content (AvgIpc) is 3.15. The van der Waals surface area contributed by atoms with Gasteiger partial charge in [-0.1, -0.05) is 24.3 Å². The van der Waals surface area contributed by atoms with Crippen LogP contribution in [0.4, 0.5) is 8.78 Å². The summed E-state index contributed by atoms with van der Waals surface area (Å²) in [4.78, 5) is 6.72. The first-order valence-electron chi connectivity index (χ1n) is 10.5. The van der Waals surface area contributed by atoms with Gasteiger partial charge in [-0.25, -0.2) is 4.98 Å². The van der Waals surface area contributed by atoms with Gasteiger partial charge in [-0.05, 0) is 51.0 Å². The smallest absolute Gasteiger partial charge is 0.320 e. The molecule has 0 spiro atoms. The second kappa shape index (κ2) is 9.00. The van der Waals surface area contributed by atoms with E-state index in [2.05, 4.69) is 9.88 Å². The molecule has 1 aliphatic heterocycles. The molecule has 2 aromatic carbocycles. The number of likely N-dealkylation sites (tertiary alicyclic amines) is 1. The lowest BCUT2D eigenvalue weighted by Crippen LogP contribution is -2.40. The predicted molar refractivity (Wildman–Crippen MR) is 112 cm³/mol. The Kier molecular flexibility index (Phi) is 6.18. The van der Waals surface area contributed by atoms with Crippen molar-refractivity contribution in [2.45, 2.75) is 45.4 Å². The molecule has 2 heterocycles. The van der Waals surface area contributed by atoms with Crippen molar-refractivity contribution in [3.8, 4) is 11.5 Å². The Morgan fingerprint density at radius 2 is 1.70 bits per heavy atom. The number of para-hydroxylation sites is 4. The van der Waals surface area contributed by atoms with Gasteiger partial charge in [0, 0.05) is 13.1 Å². The van der Waals surface area contributed by atoms with Gasteiger partial charge in [0.05, 0.1) is 23.7 Å². The second-order valence-corrected chi connectivity index (χ2v) is 7.52. The molecule has 160 valence electrons. The van der Waals surface area contributed by atoms with Gasteiger partial charge in [0.25, 0.3) is 0 Å². The van der Waals surface area contributed by atoms with E-state index in [1.54, 1.807) is 18.2 Å². The Balaban J connectivity index is 1.45. The van der Waals surface area contributed by atoms with E-state index in [1.165, 1.54) is 0 Å². The standard InChI is InChI=1S/C23H27F2N3O2/c1-3-29-20-10-6-7-11-21(20)30-17-12-14-27(15-13-17)16(2)22-26-18-8-4-5-9-19(18)28(22)23(24)25/h4-11,16-17,23H,3,12-15H2,1-2H3. The zero-order chi connectivity index (χ0) is 21.1. The van der Waals surface area contributed by atoms with Crippen LogP contribution >= 0.6 is 0 Å². The molecule has 0 aliphatic carbocycles. The Morgan fingerprint density at radius 1 is 1.03 bits per heavy atom. The number of rotatable bonds is 7. The molecule has 0 radical (unpaired) electrons. The van der Waals surface area contributed by atoms with Crippen molar-refractivity contribution in [1.82, 2.24) is 14.5 Å². The van der Waals surface area contributed by atoms with E-state index in [1.807, 2.05) is 44.2 Å². The van der Waals surface area contributed by atoms with Gasteiger partial charge < -0.3 is 9.47 Å². The fraction of sp³-hybridized carbons (Fsp3) is 0.435. The molecular formula is C23H27F2N3O2. The van der Waals surface area contributed by atoms with Crippen LogP contribution in [0, 0.1) is 0 Å². The predicted octanol–water partition coefficient (Wildman–Crippen LogP) is 5.43. The third kappa shape index (κ3) is 4.12. The first-order chi connectivity index (χ1) is 14.6. The Bertz CT molecular complexity index is 983. The molecule has 0 N–H and O–H groups in total. The highest BCUT2D eigenvalue weighted by atomic mass is 19.3. The van der Waals surface area contributed by atoms with Crippen LogP contribution in [0.15, 0.2) is 48.5 Å². The Morgan fingerprint density at radius 3 is 2.40 bits per heavy atom. The van der Waals surface area contributed by atoms with Crippen LogP contribution in [-0.4, -0.2) is 40.3 Å². The van der Waals surface area contributed by atoms with Crippen molar-refractivity contribution < 1.29 is 18.3 Å². The topological polar surface area (TPSA) is 39.5 Å². The van der Waals surface area contributed by atoms with Crippen molar-refractivity contribution in [3.05, 3.63) is 54.4 Å². The molecule has 1 aromatic heterocycles. The summed E-state index contributed by atoms with van der Waals surface area (Å²) >= 11 is 0. The lowest BCUT2D eigenvalue weighted by Gasteiger charge is -2.36. The quantitative estimate of drug-likeness (QED) is 0.516. The van der Waals surface area contributed by atoms with E-state index >= 15 is 0 Å². The number of hydrogen-bond acceptors (Lipinski definition) is 4. The molecule has 4 rings (SSSR count). The maximum atomic E-state index is 13.8. The zero-order valence-corrected chi connectivity index (χ0v) is 17.3. The first kappa shape index (κ1) is 20.6. The summed E-state index contributed by atoms with van der Waals surface area (Å²) < 4.78 is 40.5. The summed E-state index contributed by atoms with van der Waals surface area (Å²) in [7, 11) is 0. The fourth-order valence-electron chi connectivity index (χ4n) is 4.11. The van der Waals surface area contributed by atoms with E-state index < -0.39 is 6.55 Å². The van der Waals surface area contributed by atoms with Gasteiger partial charge in [-0.15, -0.1) is 0 Å². The van der Waals surface area contributed by atoms with Crippen LogP contribution in [0.2, 0.25) is 0 Å². The summed E-state index contributed by atoms with van der Waals surface area (Å²) in [6.07, 6.45) is 1.71. The SMILES string of the molecule is CCOc1ccccc1OC1CCN(C(C)c2nc3ccccc3n2C(F)F)CC1. The van der Waals surface area contributed by atoms with Crippen LogP contribution < -0.4 is 9.47 Å². The molecule has 30 heavy (non-hydrogen) atoms. The molecule has 1 fully saturated rings. The number of imidazole rings is 1. The minimum Gasteiger partial charge on any atom is -0.490 e. The highest BCUT2D eigenvalue weighted by molar-refractivity contribution is 5.76. The zero-order valence-electron chi connectivity index (χ0n) is 17.3. The molecule has 5 nitrogen and oxygen atoms in total. The van der Waals surface area contributed by atoms with Crippen molar-refractivity contribution >= 4 is 11.0 Å². The summed E-state index contributed by atoms with van der Waals surface area (Å²) in [5.74, 6) is 1.92. The summed E-state index contributed by atoms with van der Waals surface area (Å²) in [6, 6.07) is 14.5. The van der Waals surface area contributed by atoms with Gasteiger partial charge in [0.15, 0.2) is 11.5 Å². The number of alkyl halides is 2. The molecule has 1 aliphatic rings. The molecular weight excluding hydrogens is 388 g/mol.